The van der Waals surface area contributed by atoms with Gasteiger partial charge in [0, 0.05) is 35.6 Å². The molecule has 150 valence electrons. The molecule has 1 fully saturated rings. The quantitative estimate of drug-likeness (QED) is 0.673. The number of sulfonamides is 1. The van der Waals surface area contributed by atoms with E-state index in [1.807, 2.05) is 29.6 Å². The van der Waals surface area contributed by atoms with E-state index in [-0.39, 0.29) is 11.8 Å². The van der Waals surface area contributed by atoms with Crippen molar-refractivity contribution in [3.05, 3.63) is 60.0 Å². The predicted molar refractivity (Wildman–Crippen MR) is 112 cm³/mol. The average Bonchev–Trinajstić information content (AvgIpc) is 3.30. The first kappa shape index (κ1) is 19.7. The molecule has 1 aromatic heterocycles. The van der Waals surface area contributed by atoms with Gasteiger partial charge in [-0.05, 0) is 48.6 Å². The van der Waals surface area contributed by atoms with Crippen LogP contribution in [0.1, 0.15) is 12.8 Å². The van der Waals surface area contributed by atoms with Crippen molar-refractivity contribution in [1.29, 1.82) is 0 Å². The van der Waals surface area contributed by atoms with Crippen molar-refractivity contribution < 1.29 is 13.2 Å². The van der Waals surface area contributed by atoms with Gasteiger partial charge in [-0.15, -0.1) is 5.10 Å². The van der Waals surface area contributed by atoms with Gasteiger partial charge in [0.25, 0.3) is 0 Å². The lowest BCUT2D eigenvalue weighted by molar-refractivity contribution is -0.120. The van der Waals surface area contributed by atoms with Gasteiger partial charge in [-0.25, -0.2) is 8.42 Å². The molecule has 0 saturated carbocycles. The standard InChI is InChI=1S/C20H20N4O3S2/c25-20(21-17-8-6-15(7-9-17)19-14-28-23-22-19)16-10-12-24(13-11-16)29(26,27)18-4-2-1-3-5-18/h1-9,14,16H,10-13H2,(H,21,25). The number of piperidine rings is 1. The van der Waals surface area contributed by atoms with Crippen LogP contribution >= 0.6 is 11.5 Å². The van der Waals surface area contributed by atoms with Crippen molar-refractivity contribution in [2.75, 3.05) is 18.4 Å². The van der Waals surface area contributed by atoms with Crippen LogP contribution < -0.4 is 5.32 Å². The Bertz CT molecular complexity index is 1060. The van der Waals surface area contributed by atoms with E-state index in [2.05, 4.69) is 14.9 Å². The molecule has 29 heavy (non-hydrogen) atoms. The molecule has 1 amide bonds. The fourth-order valence-electron chi connectivity index (χ4n) is 3.36. The zero-order valence-corrected chi connectivity index (χ0v) is 17.2. The van der Waals surface area contributed by atoms with E-state index in [0.29, 0.717) is 36.5 Å². The molecule has 1 aliphatic rings. The fraction of sp³-hybridized carbons (Fsp3) is 0.250. The number of carbonyl (C=O) groups is 1. The van der Waals surface area contributed by atoms with E-state index in [1.165, 1.54) is 15.8 Å². The second kappa shape index (κ2) is 8.40. The van der Waals surface area contributed by atoms with Crippen LogP contribution in [0, 0.1) is 5.92 Å². The number of nitrogens with zero attached hydrogens (tertiary/aromatic N) is 3. The van der Waals surface area contributed by atoms with Crippen LogP contribution in [0.25, 0.3) is 11.3 Å². The molecule has 0 unspecified atom stereocenters. The van der Waals surface area contributed by atoms with Crippen LogP contribution in [0.2, 0.25) is 0 Å². The molecule has 0 radical (unpaired) electrons. The number of anilines is 1. The molecule has 0 aliphatic carbocycles. The third-order valence-electron chi connectivity index (χ3n) is 5.01. The van der Waals surface area contributed by atoms with Gasteiger partial charge in [0.05, 0.1) is 4.90 Å². The van der Waals surface area contributed by atoms with Crippen molar-refractivity contribution in [3.8, 4) is 11.3 Å². The number of amides is 1. The van der Waals surface area contributed by atoms with E-state index in [0.717, 1.165) is 11.3 Å². The number of nitrogens with one attached hydrogen (secondary N) is 1. The third-order valence-corrected chi connectivity index (χ3v) is 7.43. The zero-order valence-electron chi connectivity index (χ0n) is 15.6. The van der Waals surface area contributed by atoms with Crippen LogP contribution in [0.15, 0.2) is 64.9 Å². The number of aromatic nitrogens is 2. The minimum Gasteiger partial charge on any atom is -0.326 e. The van der Waals surface area contributed by atoms with Crippen LogP contribution in [0.5, 0.6) is 0 Å². The minimum absolute atomic E-state index is 0.0789. The molecule has 0 bridgehead atoms. The van der Waals surface area contributed by atoms with Crippen LogP contribution in [0.3, 0.4) is 0 Å². The molecule has 4 rings (SSSR count). The molecule has 2 aromatic carbocycles. The first-order chi connectivity index (χ1) is 14.0. The summed E-state index contributed by atoms with van der Waals surface area (Å²) in [6, 6.07) is 15.9. The molecule has 1 aliphatic heterocycles. The largest absolute Gasteiger partial charge is 0.326 e. The highest BCUT2D eigenvalue weighted by Gasteiger charge is 2.32. The van der Waals surface area contributed by atoms with Crippen molar-refractivity contribution in [1.82, 2.24) is 13.9 Å². The van der Waals surface area contributed by atoms with Gasteiger partial charge >= 0.3 is 0 Å². The minimum atomic E-state index is -3.50. The molecular formula is C20H20N4O3S2. The Labute approximate surface area is 173 Å². The Morgan fingerprint density at radius 2 is 1.72 bits per heavy atom. The highest BCUT2D eigenvalue weighted by molar-refractivity contribution is 7.89. The fourth-order valence-corrected chi connectivity index (χ4v) is 5.31. The van der Waals surface area contributed by atoms with Crippen LogP contribution in [0.4, 0.5) is 5.69 Å². The molecule has 0 atom stereocenters. The summed E-state index contributed by atoms with van der Waals surface area (Å²) in [6.45, 7) is 0.677. The van der Waals surface area contributed by atoms with Gasteiger partial charge in [0.1, 0.15) is 5.69 Å². The number of hydrogen-bond acceptors (Lipinski definition) is 6. The van der Waals surface area contributed by atoms with Gasteiger partial charge < -0.3 is 5.32 Å². The Morgan fingerprint density at radius 1 is 1.03 bits per heavy atom. The molecule has 1 saturated heterocycles. The van der Waals surface area contributed by atoms with Crippen molar-refractivity contribution in [2.24, 2.45) is 5.92 Å². The summed E-state index contributed by atoms with van der Waals surface area (Å²) < 4.78 is 30.7. The predicted octanol–water partition coefficient (Wildman–Crippen LogP) is 3.24. The highest BCUT2D eigenvalue weighted by atomic mass is 32.2. The van der Waals surface area contributed by atoms with E-state index >= 15 is 0 Å². The summed E-state index contributed by atoms with van der Waals surface area (Å²) in [5.41, 5.74) is 2.46. The summed E-state index contributed by atoms with van der Waals surface area (Å²) in [5.74, 6) is -0.288. The van der Waals surface area contributed by atoms with Crippen molar-refractivity contribution in [3.63, 3.8) is 0 Å². The Morgan fingerprint density at radius 3 is 2.34 bits per heavy atom. The average molecular weight is 429 g/mol. The monoisotopic (exact) mass is 428 g/mol. The molecular weight excluding hydrogens is 408 g/mol. The SMILES string of the molecule is O=C(Nc1ccc(-c2csnn2)cc1)C1CCN(S(=O)(=O)c2ccccc2)CC1. The van der Waals surface area contributed by atoms with Gasteiger partial charge in [0.15, 0.2) is 0 Å². The molecule has 1 N–H and O–H groups in total. The molecule has 7 nitrogen and oxygen atoms in total. The lowest BCUT2D eigenvalue weighted by atomic mass is 9.97. The summed E-state index contributed by atoms with van der Waals surface area (Å²) >= 11 is 1.29. The summed E-state index contributed by atoms with van der Waals surface area (Å²) in [6.07, 6.45) is 1.00. The maximum atomic E-state index is 12.7. The third kappa shape index (κ3) is 4.36. The lowest BCUT2D eigenvalue weighted by Gasteiger charge is -2.30. The van der Waals surface area contributed by atoms with E-state index in [4.69, 9.17) is 0 Å². The normalized spacial score (nSPS) is 15.9. The Kier molecular flexibility index (Phi) is 5.70. The van der Waals surface area contributed by atoms with E-state index < -0.39 is 10.0 Å². The maximum Gasteiger partial charge on any atom is 0.243 e. The first-order valence-electron chi connectivity index (χ1n) is 9.27. The summed E-state index contributed by atoms with van der Waals surface area (Å²) in [7, 11) is -3.50. The Hall–Kier alpha value is -2.62. The number of hydrogen-bond donors (Lipinski definition) is 1. The molecule has 9 heteroatoms. The van der Waals surface area contributed by atoms with Gasteiger partial charge in [-0.2, -0.15) is 4.31 Å². The summed E-state index contributed by atoms with van der Waals surface area (Å²) in [5, 5.41) is 8.82. The van der Waals surface area contributed by atoms with E-state index in [9.17, 15) is 13.2 Å². The summed E-state index contributed by atoms with van der Waals surface area (Å²) in [4.78, 5) is 12.9. The topological polar surface area (TPSA) is 92.3 Å². The number of carbonyl (C=O) groups excluding carboxylic acids is 1. The zero-order chi connectivity index (χ0) is 20.3. The van der Waals surface area contributed by atoms with Crippen molar-refractivity contribution in [2.45, 2.75) is 17.7 Å². The maximum absolute atomic E-state index is 12.7. The molecule has 3 aromatic rings. The lowest BCUT2D eigenvalue weighted by Crippen LogP contribution is -2.41. The number of rotatable bonds is 5. The Balaban J connectivity index is 1.34. The van der Waals surface area contributed by atoms with Gasteiger partial charge in [-0.3, -0.25) is 4.79 Å². The van der Waals surface area contributed by atoms with E-state index in [1.54, 1.807) is 30.3 Å². The number of benzene rings is 2. The molecule has 2 heterocycles. The second-order valence-electron chi connectivity index (χ2n) is 6.85. The highest BCUT2D eigenvalue weighted by Crippen LogP contribution is 2.25. The first-order valence-corrected chi connectivity index (χ1v) is 11.6. The van der Waals surface area contributed by atoms with Crippen LogP contribution in [-0.4, -0.2) is 41.3 Å². The second-order valence-corrected chi connectivity index (χ2v) is 9.40. The van der Waals surface area contributed by atoms with Crippen molar-refractivity contribution >= 4 is 33.2 Å². The smallest absolute Gasteiger partial charge is 0.243 e. The van der Waals surface area contributed by atoms with Gasteiger partial charge in [-0.1, -0.05) is 34.8 Å². The van der Waals surface area contributed by atoms with Gasteiger partial charge in [0.2, 0.25) is 15.9 Å². The molecule has 0 spiro atoms. The van der Waals surface area contributed by atoms with Crippen LogP contribution in [-0.2, 0) is 14.8 Å².